The van der Waals surface area contributed by atoms with Crippen LogP contribution in [0.25, 0.3) is 0 Å². The number of ether oxygens (including phenoxy) is 1. The summed E-state index contributed by atoms with van der Waals surface area (Å²) in [6.45, 7) is 3.44. The third-order valence-corrected chi connectivity index (χ3v) is 4.75. The lowest BCUT2D eigenvalue weighted by Gasteiger charge is -2.21. The van der Waals surface area contributed by atoms with Crippen molar-refractivity contribution >= 4 is 11.9 Å². The van der Waals surface area contributed by atoms with Crippen molar-refractivity contribution in [1.29, 1.82) is 0 Å². The average Bonchev–Trinajstić information content (AvgIpc) is 2.58. The van der Waals surface area contributed by atoms with E-state index in [0.29, 0.717) is 19.3 Å². The minimum Gasteiger partial charge on any atom is -0.481 e. The molecule has 0 amide bonds. The van der Waals surface area contributed by atoms with E-state index in [0.717, 1.165) is 51.4 Å². The van der Waals surface area contributed by atoms with Crippen LogP contribution in [0.5, 0.6) is 0 Å². The lowest BCUT2D eigenvalue weighted by atomic mass is 9.97. The maximum atomic E-state index is 11.5. The van der Waals surface area contributed by atoms with Gasteiger partial charge in [0.2, 0.25) is 6.04 Å². The summed E-state index contributed by atoms with van der Waals surface area (Å²) in [5, 5.41) is 20.1. The molecule has 0 bridgehead atoms. The molecule has 0 heterocycles. The summed E-state index contributed by atoms with van der Waals surface area (Å²) in [5.74, 6) is -1.26. The second kappa shape index (κ2) is 16.5. The average molecular weight is 388 g/mol. The van der Waals surface area contributed by atoms with E-state index in [-0.39, 0.29) is 11.3 Å². The lowest BCUT2D eigenvalue weighted by molar-refractivity contribution is -0.535. The summed E-state index contributed by atoms with van der Waals surface area (Å²) in [6.07, 6.45) is 10.8. The molecule has 0 saturated carbocycles. The topological polar surface area (TPSA) is 107 Å². The van der Waals surface area contributed by atoms with Crippen LogP contribution in [0.15, 0.2) is 0 Å². The maximum Gasteiger partial charge on any atom is 0.303 e. The number of hydrogen-bond acceptors (Lipinski definition) is 5. The molecule has 0 aliphatic carbocycles. The number of nitro groups is 1. The fourth-order valence-corrected chi connectivity index (χ4v) is 3.26. The predicted octanol–water partition coefficient (Wildman–Crippen LogP) is 5.13. The fraction of sp³-hybridized carbons (Fsp3) is 0.900. The molecule has 7 heteroatoms. The Balaban J connectivity index is 4.29. The van der Waals surface area contributed by atoms with Crippen LogP contribution in [-0.2, 0) is 14.3 Å². The van der Waals surface area contributed by atoms with E-state index in [1.54, 1.807) is 0 Å². The van der Waals surface area contributed by atoms with Crippen molar-refractivity contribution in [2.24, 2.45) is 0 Å². The number of carbonyl (C=O) groups is 2. The zero-order chi connectivity index (χ0) is 20.5. The first-order valence-corrected chi connectivity index (χ1v) is 10.4. The summed E-state index contributed by atoms with van der Waals surface area (Å²) in [6, 6.07) is -0.841. The molecule has 0 aromatic heterocycles. The van der Waals surface area contributed by atoms with Gasteiger partial charge in [-0.3, -0.25) is 19.7 Å². The first kappa shape index (κ1) is 25.3. The molecule has 0 aliphatic rings. The molecular weight excluding hydrogens is 350 g/mol. The summed E-state index contributed by atoms with van der Waals surface area (Å²) in [4.78, 5) is 33.0. The molecule has 1 N–H and O–H groups in total. The highest BCUT2D eigenvalue weighted by Crippen LogP contribution is 2.20. The Kier molecular flexibility index (Phi) is 15.5. The van der Waals surface area contributed by atoms with Gasteiger partial charge >= 0.3 is 11.9 Å². The van der Waals surface area contributed by atoms with Crippen molar-refractivity contribution in [2.45, 2.75) is 116 Å². The Bertz CT molecular complexity index is 427. The number of carboxylic acids is 1. The van der Waals surface area contributed by atoms with E-state index in [4.69, 9.17) is 9.84 Å². The smallest absolute Gasteiger partial charge is 0.303 e. The van der Waals surface area contributed by atoms with Gasteiger partial charge in [0.1, 0.15) is 0 Å². The van der Waals surface area contributed by atoms with Crippen LogP contribution in [0.2, 0.25) is 0 Å². The molecule has 0 rings (SSSR count). The molecule has 7 nitrogen and oxygen atoms in total. The van der Waals surface area contributed by atoms with Gasteiger partial charge in [-0.15, -0.1) is 0 Å². The van der Waals surface area contributed by atoms with Gasteiger partial charge < -0.3 is 9.84 Å². The van der Waals surface area contributed by atoms with Crippen LogP contribution in [0.1, 0.15) is 104 Å². The van der Waals surface area contributed by atoms with Crippen molar-refractivity contribution in [1.82, 2.24) is 0 Å². The van der Waals surface area contributed by atoms with Crippen molar-refractivity contribution in [3.63, 3.8) is 0 Å². The van der Waals surface area contributed by atoms with Crippen molar-refractivity contribution in [3.05, 3.63) is 10.1 Å². The summed E-state index contributed by atoms with van der Waals surface area (Å²) >= 11 is 0. The Morgan fingerprint density at radius 3 is 1.96 bits per heavy atom. The highest BCUT2D eigenvalue weighted by Gasteiger charge is 2.33. The normalized spacial score (nSPS) is 13.1. The minimum absolute atomic E-state index is 0.178. The summed E-state index contributed by atoms with van der Waals surface area (Å²) < 4.78 is 5.27. The molecule has 0 fully saturated rings. The van der Waals surface area contributed by atoms with Crippen LogP contribution >= 0.6 is 0 Å². The minimum atomic E-state index is -0.841. The first-order valence-electron chi connectivity index (χ1n) is 10.4. The van der Waals surface area contributed by atoms with Gasteiger partial charge in [0.05, 0.1) is 0 Å². The molecule has 2 unspecified atom stereocenters. The second-order valence-electron chi connectivity index (χ2n) is 7.26. The molecule has 0 radical (unpaired) electrons. The zero-order valence-electron chi connectivity index (χ0n) is 17.0. The number of carboxylic acid groups (broad SMARTS) is 1. The maximum absolute atomic E-state index is 11.5. The molecule has 158 valence electrons. The van der Waals surface area contributed by atoms with Crippen LogP contribution < -0.4 is 0 Å². The van der Waals surface area contributed by atoms with Gasteiger partial charge in [0, 0.05) is 24.7 Å². The molecule has 0 saturated heterocycles. The largest absolute Gasteiger partial charge is 0.481 e. The van der Waals surface area contributed by atoms with Gasteiger partial charge in [-0.1, -0.05) is 58.3 Å². The Morgan fingerprint density at radius 2 is 1.44 bits per heavy atom. The third-order valence-electron chi connectivity index (χ3n) is 4.75. The third kappa shape index (κ3) is 15.1. The molecule has 0 aromatic carbocycles. The van der Waals surface area contributed by atoms with Crippen molar-refractivity contribution < 1.29 is 24.4 Å². The van der Waals surface area contributed by atoms with E-state index in [1.807, 2.05) is 0 Å². The van der Waals surface area contributed by atoms with E-state index < -0.39 is 24.1 Å². The van der Waals surface area contributed by atoms with Crippen LogP contribution in [0.4, 0.5) is 0 Å². The molecule has 0 spiro atoms. The quantitative estimate of drug-likeness (QED) is 0.151. The number of esters is 1. The Labute approximate surface area is 163 Å². The van der Waals surface area contributed by atoms with E-state index in [9.17, 15) is 19.7 Å². The Hall–Kier alpha value is -1.66. The van der Waals surface area contributed by atoms with E-state index >= 15 is 0 Å². The van der Waals surface area contributed by atoms with Gasteiger partial charge in [-0.2, -0.15) is 0 Å². The standard InChI is InChI=1S/C20H37NO6/c1-3-4-5-6-8-11-14-18(21(25)26)19(27-17(2)22)15-12-9-7-10-13-16-20(23)24/h18-19H,3-16H2,1-2H3,(H,23,24). The van der Waals surface area contributed by atoms with E-state index in [1.165, 1.54) is 19.8 Å². The SMILES string of the molecule is CCCCCCCCC(C(CCCCCCCC(=O)O)OC(C)=O)[N+](=O)[O-]. The van der Waals surface area contributed by atoms with Crippen LogP contribution in [-0.4, -0.2) is 34.1 Å². The highest BCUT2D eigenvalue weighted by atomic mass is 16.6. The number of hydrogen-bond donors (Lipinski definition) is 1. The zero-order valence-corrected chi connectivity index (χ0v) is 17.0. The molecule has 27 heavy (non-hydrogen) atoms. The number of carbonyl (C=O) groups excluding carboxylic acids is 1. The van der Waals surface area contributed by atoms with Gasteiger partial charge in [0.25, 0.3) is 0 Å². The van der Waals surface area contributed by atoms with Crippen LogP contribution in [0, 0.1) is 10.1 Å². The summed E-state index contributed by atoms with van der Waals surface area (Å²) in [7, 11) is 0. The number of aliphatic carboxylic acids is 1. The first-order chi connectivity index (χ1) is 12.9. The number of nitrogens with zero attached hydrogens (tertiary/aromatic N) is 1. The summed E-state index contributed by atoms with van der Waals surface area (Å²) in [5.41, 5.74) is 0. The lowest BCUT2D eigenvalue weighted by Crippen LogP contribution is -2.37. The van der Waals surface area contributed by atoms with Crippen molar-refractivity contribution in [3.8, 4) is 0 Å². The predicted molar refractivity (Wildman–Crippen MR) is 104 cm³/mol. The molecular formula is C20H37NO6. The van der Waals surface area contributed by atoms with Gasteiger partial charge in [-0.05, 0) is 25.7 Å². The number of unbranched alkanes of at least 4 members (excludes halogenated alkanes) is 9. The fourth-order valence-electron chi connectivity index (χ4n) is 3.26. The molecule has 0 aliphatic heterocycles. The van der Waals surface area contributed by atoms with Gasteiger partial charge in [0.15, 0.2) is 6.10 Å². The van der Waals surface area contributed by atoms with Crippen LogP contribution in [0.3, 0.4) is 0 Å². The van der Waals surface area contributed by atoms with E-state index in [2.05, 4.69) is 6.92 Å². The monoisotopic (exact) mass is 387 g/mol. The Morgan fingerprint density at radius 1 is 0.926 bits per heavy atom. The second-order valence-corrected chi connectivity index (χ2v) is 7.26. The molecule has 0 aromatic rings. The highest BCUT2D eigenvalue weighted by molar-refractivity contribution is 5.66. The number of rotatable bonds is 18. The van der Waals surface area contributed by atoms with Gasteiger partial charge in [-0.25, -0.2) is 0 Å². The molecule has 2 atom stereocenters. The van der Waals surface area contributed by atoms with Crippen molar-refractivity contribution in [2.75, 3.05) is 0 Å².